The van der Waals surface area contributed by atoms with E-state index in [0.29, 0.717) is 16.9 Å². The summed E-state index contributed by atoms with van der Waals surface area (Å²) in [4.78, 5) is 20.0. The second-order valence-corrected chi connectivity index (χ2v) is 5.10. The van der Waals surface area contributed by atoms with Crippen molar-refractivity contribution in [2.75, 3.05) is 7.11 Å². The van der Waals surface area contributed by atoms with Gasteiger partial charge < -0.3 is 5.11 Å². The maximum absolute atomic E-state index is 11.0. The highest BCUT2D eigenvalue weighted by Gasteiger charge is 2.11. The van der Waals surface area contributed by atoms with E-state index in [-0.39, 0.29) is 0 Å². The van der Waals surface area contributed by atoms with Gasteiger partial charge in [-0.05, 0) is 18.2 Å². The van der Waals surface area contributed by atoms with Gasteiger partial charge in [-0.25, -0.2) is 9.50 Å². The average Bonchev–Trinajstić information content (AvgIpc) is 3.13. The number of benzene rings is 1. The van der Waals surface area contributed by atoms with Crippen molar-refractivity contribution < 1.29 is 9.90 Å². The topological polar surface area (TPSA) is 80.4 Å². The summed E-state index contributed by atoms with van der Waals surface area (Å²) in [5, 5.41) is 11.3. The second-order valence-electron chi connectivity index (χ2n) is 5.10. The molecule has 0 aliphatic heterocycles. The maximum Gasteiger partial charge on any atom is 0.164 e. The average molecular weight is 332 g/mol. The molecule has 1 N–H and O–H groups in total. The molecule has 0 saturated heterocycles. The van der Waals surface area contributed by atoms with Gasteiger partial charge in [0.15, 0.2) is 5.65 Å². The fourth-order valence-corrected chi connectivity index (χ4v) is 2.49. The summed E-state index contributed by atoms with van der Waals surface area (Å²) in [5.41, 5.74) is 4.67. The Hall–Kier alpha value is -3.38. The summed E-state index contributed by atoms with van der Waals surface area (Å²) in [6.45, 7) is 0. The Bertz CT molecular complexity index is 997. The molecular formula is C19H16N4O2. The van der Waals surface area contributed by atoms with Crippen LogP contribution in [0, 0.1) is 0 Å². The van der Waals surface area contributed by atoms with Gasteiger partial charge in [0, 0.05) is 30.6 Å². The molecule has 3 aromatic heterocycles. The first kappa shape index (κ1) is 16.5. The molecule has 0 aliphatic rings. The third-order valence-electron chi connectivity index (χ3n) is 3.63. The van der Waals surface area contributed by atoms with Crippen LogP contribution in [0.5, 0.6) is 0 Å². The number of pyridine rings is 1. The zero-order chi connectivity index (χ0) is 17.6. The van der Waals surface area contributed by atoms with Gasteiger partial charge in [0.25, 0.3) is 0 Å². The Kier molecular flexibility index (Phi) is 4.92. The van der Waals surface area contributed by atoms with E-state index in [4.69, 9.17) is 10.1 Å². The third kappa shape index (κ3) is 3.29. The van der Waals surface area contributed by atoms with Crippen molar-refractivity contribution in [3.63, 3.8) is 0 Å². The van der Waals surface area contributed by atoms with Crippen LogP contribution >= 0.6 is 0 Å². The van der Waals surface area contributed by atoms with Crippen molar-refractivity contribution >= 4 is 11.9 Å². The smallest absolute Gasteiger partial charge is 0.164 e. The van der Waals surface area contributed by atoms with Crippen LogP contribution < -0.4 is 0 Å². The van der Waals surface area contributed by atoms with Crippen molar-refractivity contribution in [2.45, 2.75) is 0 Å². The number of hydrogen-bond donors (Lipinski definition) is 1. The van der Waals surface area contributed by atoms with Crippen LogP contribution in [0.2, 0.25) is 0 Å². The fraction of sp³-hybridized carbons (Fsp3) is 0.0526. The Morgan fingerprint density at radius 1 is 1.04 bits per heavy atom. The molecule has 4 rings (SSSR count). The van der Waals surface area contributed by atoms with Crippen molar-refractivity contribution in [1.82, 2.24) is 19.6 Å². The van der Waals surface area contributed by atoms with Gasteiger partial charge in [0.05, 0.1) is 23.1 Å². The number of carbonyl (C=O) groups is 1. The normalized spacial score (nSPS) is 10.2. The minimum Gasteiger partial charge on any atom is -0.400 e. The SMILES string of the molecule is CO.O=Cc1ccnc(-c2cnn3ccc(-c4ccccc4)nc23)c1. The molecule has 0 bridgehead atoms. The fourth-order valence-electron chi connectivity index (χ4n) is 2.49. The molecule has 6 nitrogen and oxygen atoms in total. The summed E-state index contributed by atoms with van der Waals surface area (Å²) >= 11 is 0. The quantitative estimate of drug-likeness (QED) is 0.584. The van der Waals surface area contributed by atoms with E-state index < -0.39 is 0 Å². The van der Waals surface area contributed by atoms with Crippen molar-refractivity contribution in [1.29, 1.82) is 0 Å². The molecule has 1 aromatic carbocycles. The number of fused-ring (bicyclic) bond motifs is 1. The van der Waals surface area contributed by atoms with Crippen LogP contribution in [0.15, 0.2) is 67.1 Å². The van der Waals surface area contributed by atoms with Crippen LogP contribution in [0.4, 0.5) is 0 Å². The van der Waals surface area contributed by atoms with Crippen LogP contribution in [0.25, 0.3) is 28.2 Å². The first-order valence-electron chi connectivity index (χ1n) is 7.61. The molecule has 3 heterocycles. The number of aldehydes is 1. The van der Waals surface area contributed by atoms with E-state index in [1.165, 1.54) is 0 Å². The standard InChI is InChI=1S/C18H12N4O.CH4O/c23-12-13-6-8-19-17(10-13)15-11-20-22-9-7-16(21-18(15)22)14-4-2-1-3-5-14;1-2/h1-12H;2H,1H3. The highest BCUT2D eigenvalue weighted by Crippen LogP contribution is 2.24. The van der Waals surface area contributed by atoms with Gasteiger partial charge in [-0.3, -0.25) is 9.78 Å². The molecule has 4 aromatic rings. The van der Waals surface area contributed by atoms with Gasteiger partial charge in [-0.1, -0.05) is 30.3 Å². The Labute approximate surface area is 144 Å². The zero-order valence-electron chi connectivity index (χ0n) is 13.6. The lowest BCUT2D eigenvalue weighted by atomic mass is 10.1. The highest BCUT2D eigenvalue weighted by atomic mass is 16.2. The lowest BCUT2D eigenvalue weighted by Crippen LogP contribution is -1.93. The largest absolute Gasteiger partial charge is 0.400 e. The summed E-state index contributed by atoms with van der Waals surface area (Å²) in [6, 6.07) is 15.3. The minimum absolute atomic E-state index is 0.577. The van der Waals surface area contributed by atoms with Crippen LogP contribution in [0.3, 0.4) is 0 Å². The van der Waals surface area contributed by atoms with Gasteiger partial charge in [0.2, 0.25) is 0 Å². The molecule has 0 aliphatic carbocycles. The van der Waals surface area contributed by atoms with Crippen LogP contribution in [-0.2, 0) is 0 Å². The Balaban J connectivity index is 0.000000880. The van der Waals surface area contributed by atoms with Crippen molar-refractivity contribution in [2.24, 2.45) is 0 Å². The predicted molar refractivity (Wildman–Crippen MR) is 95.2 cm³/mol. The lowest BCUT2D eigenvalue weighted by Gasteiger charge is -2.03. The molecular weight excluding hydrogens is 316 g/mol. The molecule has 0 amide bonds. The number of nitrogens with zero attached hydrogens (tertiary/aromatic N) is 4. The van der Waals surface area contributed by atoms with E-state index in [0.717, 1.165) is 30.2 Å². The van der Waals surface area contributed by atoms with Gasteiger partial charge in [0.1, 0.15) is 6.29 Å². The highest BCUT2D eigenvalue weighted by molar-refractivity contribution is 5.81. The molecule has 0 radical (unpaired) electrons. The number of rotatable bonds is 3. The number of aliphatic hydroxyl groups excluding tert-OH is 1. The summed E-state index contributed by atoms with van der Waals surface area (Å²) in [5.74, 6) is 0. The zero-order valence-corrected chi connectivity index (χ0v) is 13.6. The predicted octanol–water partition coefficient (Wildman–Crippen LogP) is 2.88. The molecule has 0 atom stereocenters. The number of aliphatic hydroxyl groups is 1. The third-order valence-corrected chi connectivity index (χ3v) is 3.63. The van der Waals surface area contributed by atoms with Gasteiger partial charge in [-0.15, -0.1) is 0 Å². The maximum atomic E-state index is 11.0. The summed E-state index contributed by atoms with van der Waals surface area (Å²) < 4.78 is 1.71. The second kappa shape index (κ2) is 7.46. The lowest BCUT2D eigenvalue weighted by molar-refractivity contribution is 0.112. The van der Waals surface area contributed by atoms with Crippen molar-refractivity contribution in [3.8, 4) is 22.5 Å². The van der Waals surface area contributed by atoms with E-state index >= 15 is 0 Å². The molecule has 0 spiro atoms. The summed E-state index contributed by atoms with van der Waals surface area (Å²) in [6.07, 6.45) is 6.01. The van der Waals surface area contributed by atoms with E-state index in [1.54, 1.807) is 29.0 Å². The van der Waals surface area contributed by atoms with E-state index in [2.05, 4.69) is 10.1 Å². The Morgan fingerprint density at radius 3 is 2.60 bits per heavy atom. The molecule has 0 saturated carbocycles. The van der Waals surface area contributed by atoms with Crippen molar-refractivity contribution in [3.05, 3.63) is 72.7 Å². The molecule has 124 valence electrons. The number of aromatic nitrogens is 4. The monoisotopic (exact) mass is 332 g/mol. The van der Waals surface area contributed by atoms with Gasteiger partial charge in [-0.2, -0.15) is 5.10 Å². The number of carbonyl (C=O) groups excluding carboxylic acids is 1. The minimum atomic E-state index is 0.577. The Morgan fingerprint density at radius 2 is 1.84 bits per heavy atom. The van der Waals surface area contributed by atoms with Crippen LogP contribution in [0.1, 0.15) is 10.4 Å². The van der Waals surface area contributed by atoms with Crippen LogP contribution in [-0.4, -0.2) is 38.1 Å². The van der Waals surface area contributed by atoms with E-state index in [9.17, 15) is 4.79 Å². The van der Waals surface area contributed by atoms with Gasteiger partial charge >= 0.3 is 0 Å². The first-order chi connectivity index (χ1) is 12.3. The molecule has 0 fully saturated rings. The molecule has 0 unspecified atom stereocenters. The molecule has 25 heavy (non-hydrogen) atoms. The summed E-state index contributed by atoms with van der Waals surface area (Å²) in [7, 11) is 1.00. The first-order valence-corrected chi connectivity index (χ1v) is 7.61. The number of hydrogen-bond acceptors (Lipinski definition) is 5. The van der Waals surface area contributed by atoms with E-state index in [1.807, 2.05) is 42.6 Å². The molecule has 6 heteroatoms.